The molecule has 1 aliphatic carbocycles. The van der Waals surface area contributed by atoms with E-state index in [0.29, 0.717) is 6.54 Å². The van der Waals surface area contributed by atoms with Gasteiger partial charge in [-0.05, 0) is 51.6 Å². The molecular weight excluding hydrogens is 314 g/mol. The van der Waals surface area contributed by atoms with Gasteiger partial charge < -0.3 is 10.1 Å². The Hall–Kier alpha value is -1.47. The number of esters is 1. The normalized spacial score (nSPS) is 19.2. The summed E-state index contributed by atoms with van der Waals surface area (Å²) >= 11 is 1.61. The molecule has 2 heterocycles. The van der Waals surface area contributed by atoms with Crippen LogP contribution in [-0.2, 0) is 27.2 Å². The van der Waals surface area contributed by atoms with E-state index in [4.69, 9.17) is 4.74 Å². The number of amides is 1. The lowest BCUT2D eigenvalue weighted by Gasteiger charge is -2.29. The molecule has 1 aromatic rings. The van der Waals surface area contributed by atoms with Gasteiger partial charge in [0.05, 0.1) is 25.3 Å². The van der Waals surface area contributed by atoms with E-state index in [-0.39, 0.29) is 17.8 Å². The van der Waals surface area contributed by atoms with Gasteiger partial charge in [0.25, 0.3) is 0 Å². The number of ether oxygens (including phenoxy) is 1. The van der Waals surface area contributed by atoms with Crippen LogP contribution in [0.1, 0.15) is 36.3 Å². The summed E-state index contributed by atoms with van der Waals surface area (Å²) in [5.41, 5.74) is 1.16. The van der Waals surface area contributed by atoms with Crippen LogP contribution in [0.2, 0.25) is 0 Å². The van der Waals surface area contributed by atoms with Crippen LogP contribution in [0.4, 0.5) is 5.13 Å². The van der Waals surface area contributed by atoms with Crippen molar-refractivity contribution in [2.45, 2.75) is 38.5 Å². The molecule has 2 aliphatic rings. The van der Waals surface area contributed by atoms with Crippen LogP contribution in [-0.4, -0.2) is 48.5 Å². The second kappa shape index (κ2) is 7.40. The Morgan fingerprint density at radius 3 is 2.74 bits per heavy atom. The number of thiazole rings is 1. The Morgan fingerprint density at radius 2 is 2.04 bits per heavy atom. The zero-order valence-electron chi connectivity index (χ0n) is 13.5. The van der Waals surface area contributed by atoms with E-state index in [1.807, 2.05) is 0 Å². The van der Waals surface area contributed by atoms with Crippen LogP contribution >= 0.6 is 11.3 Å². The monoisotopic (exact) mass is 337 g/mol. The number of anilines is 1. The number of carbonyl (C=O) groups is 2. The van der Waals surface area contributed by atoms with E-state index in [9.17, 15) is 9.59 Å². The second-order valence-corrected chi connectivity index (χ2v) is 7.30. The van der Waals surface area contributed by atoms with Crippen LogP contribution in [0.3, 0.4) is 0 Å². The highest BCUT2D eigenvalue weighted by atomic mass is 32.1. The summed E-state index contributed by atoms with van der Waals surface area (Å²) in [6.45, 7) is 1.86. The molecule has 1 aromatic heterocycles. The summed E-state index contributed by atoms with van der Waals surface area (Å²) in [6, 6.07) is 0. The van der Waals surface area contributed by atoms with Crippen molar-refractivity contribution in [3.05, 3.63) is 10.6 Å². The Balaban J connectivity index is 1.47. The van der Waals surface area contributed by atoms with Gasteiger partial charge in [-0.15, -0.1) is 11.3 Å². The highest BCUT2D eigenvalue weighted by molar-refractivity contribution is 7.15. The first kappa shape index (κ1) is 16.4. The molecule has 0 aromatic carbocycles. The Morgan fingerprint density at radius 1 is 1.30 bits per heavy atom. The summed E-state index contributed by atoms with van der Waals surface area (Å²) < 4.78 is 4.78. The van der Waals surface area contributed by atoms with Crippen molar-refractivity contribution in [1.29, 1.82) is 0 Å². The summed E-state index contributed by atoms with van der Waals surface area (Å²) in [5.74, 6) is -0.180. The van der Waals surface area contributed by atoms with E-state index < -0.39 is 0 Å². The molecule has 1 aliphatic heterocycles. The van der Waals surface area contributed by atoms with Crippen LogP contribution in [0, 0.1) is 5.92 Å². The number of hydrogen-bond donors (Lipinski definition) is 1. The van der Waals surface area contributed by atoms with Crippen LogP contribution in [0.15, 0.2) is 0 Å². The topological polar surface area (TPSA) is 71.5 Å². The number of methoxy groups -OCH3 is 1. The van der Waals surface area contributed by atoms with Gasteiger partial charge in [0, 0.05) is 4.88 Å². The zero-order valence-corrected chi connectivity index (χ0v) is 14.3. The molecule has 0 atom stereocenters. The van der Waals surface area contributed by atoms with Gasteiger partial charge in [0.1, 0.15) is 0 Å². The van der Waals surface area contributed by atoms with Gasteiger partial charge in [-0.25, -0.2) is 4.98 Å². The first-order valence-corrected chi connectivity index (χ1v) is 9.06. The Bertz CT molecular complexity index is 556. The van der Waals surface area contributed by atoms with E-state index >= 15 is 0 Å². The maximum atomic E-state index is 12.2. The van der Waals surface area contributed by atoms with Crippen molar-refractivity contribution in [3.63, 3.8) is 0 Å². The first-order valence-electron chi connectivity index (χ1n) is 8.24. The molecule has 126 valence electrons. The minimum absolute atomic E-state index is 0.0207. The highest BCUT2D eigenvalue weighted by Gasteiger charge is 2.26. The third-order valence-electron chi connectivity index (χ3n) is 4.58. The van der Waals surface area contributed by atoms with E-state index in [0.717, 1.165) is 49.6 Å². The molecule has 1 N–H and O–H groups in total. The molecule has 0 bridgehead atoms. The molecule has 7 heteroatoms. The average molecular weight is 337 g/mol. The number of fused-ring (bicyclic) bond motifs is 1. The molecule has 1 amide bonds. The molecule has 1 saturated heterocycles. The Kier molecular flexibility index (Phi) is 5.27. The maximum absolute atomic E-state index is 12.2. The molecule has 23 heavy (non-hydrogen) atoms. The van der Waals surface area contributed by atoms with Crippen molar-refractivity contribution in [2.75, 3.05) is 32.1 Å². The zero-order chi connectivity index (χ0) is 16.2. The summed E-state index contributed by atoms with van der Waals surface area (Å²) in [5, 5.41) is 3.65. The van der Waals surface area contributed by atoms with Gasteiger partial charge in [0.2, 0.25) is 5.91 Å². The maximum Gasteiger partial charge on any atom is 0.308 e. The van der Waals surface area contributed by atoms with Crippen molar-refractivity contribution in [3.8, 4) is 0 Å². The third-order valence-corrected chi connectivity index (χ3v) is 5.65. The van der Waals surface area contributed by atoms with Gasteiger partial charge in [-0.1, -0.05) is 0 Å². The van der Waals surface area contributed by atoms with Gasteiger partial charge in [-0.3, -0.25) is 14.5 Å². The average Bonchev–Trinajstić information content (AvgIpc) is 2.96. The number of aromatic nitrogens is 1. The predicted octanol–water partition coefficient (Wildman–Crippen LogP) is 1.85. The number of likely N-dealkylation sites (tertiary alicyclic amines) is 1. The predicted molar refractivity (Wildman–Crippen MR) is 88.6 cm³/mol. The number of nitrogens with zero attached hydrogens (tertiary/aromatic N) is 2. The number of carbonyl (C=O) groups excluding carboxylic acids is 2. The molecule has 0 saturated carbocycles. The summed E-state index contributed by atoms with van der Waals surface area (Å²) in [6.07, 6.45) is 6.04. The second-order valence-electron chi connectivity index (χ2n) is 6.22. The quantitative estimate of drug-likeness (QED) is 0.849. The summed E-state index contributed by atoms with van der Waals surface area (Å²) in [4.78, 5) is 31.6. The van der Waals surface area contributed by atoms with Crippen molar-refractivity contribution in [1.82, 2.24) is 9.88 Å². The van der Waals surface area contributed by atoms with E-state index in [1.165, 1.54) is 24.8 Å². The molecule has 1 fully saturated rings. The lowest BCUT2D eigenvalue weighted by Crippen LogP contribution is -2.41. The number of rotatable bonds is 4. The highest BCUT2D eigenvalue weighted by Crippen LogP contribution is 2.29. The molecule has 6 nitrogen and oxygen atoms in total. The van der Waals surface area contributed by atoms with Crippen molar-refractivity contribution >= 4 is 28.3 Å². The Labute approximate surface area is 140 Å². The SMILES string of the molecule is COC(=O)C1CCN(CC(=O)Nc2nc3c(s2)CCCC3)CC1. The lowest BCUT2D eigenvalue weighted by molar-refractivity contribution is -0.147. The van der Waals surface area contributed by atoms with Gasteiger partial charge >= 0.3 is 5.97 Å². The van der Waals surface area contributed by atoms with Gasteiger partial charge in [0.15, 0.2) is 5.13 Å². The first-order chi connectivity index (χ1) is 11.2. The molecule has 0 radical (unpaired) electrons. The number of hydrogen-bond acceptors (Lipinski definition) is 6. The van der Waals surface area contributed by atoms with E-state index in [2.05, 4.69) is 15.2 Å². The standard InChI is InChI=1S/C16H23N3O3S/c1-22-15(21)11-6-8-19(9-7-11)10-14(20)18-16-17-12-4-2-3-5-13(12)23-16/h11H,2-10H2,1H3,(H,17,18,20). The minimum atomic E-state index is -0.137. The fourth-order valence-electron chi connectivity index (χ4n) is 3.26. The largest absolute Gasteiger partial charge is 0.469 e. The van der Waals surface area contributed by atoms with Crippen LogP contribution < -0.4 is 5.32 Å². The van der Waals surface area contributed by atoms with Gasteiger partial charge in [-0.2, -0.15) is 0 Å². The molecule has 3 rings (SSSR count). The van der Waals surface area contributed by atoms with Crippen LogP contribution in [0.25, 0.3) is 0 Å². The van der Waals surface area contributed by atoms with Crippen LogP contribution in [0.5, 0.6) is 0 Å². The molecular formula is C16H23N3O3S. The molecule has 0 unspecified atom stereocenters. The smallest absolute Gasteiger partial charge is 0.308 e. The lowest BCUT2D eigenvalue weighted by atomic mass is 9.97. The summed E-state index contributed by atoms with van der Waals surface area (Å²) in [7, 11) is 1.43. The van der Waals surface area contributed by atoms with Crippen molar-refractivity contribution < 1.29 is 14.3 Å². The minimum Gasteiger partial charge on any atom is -0.469 e. The third kappa shape index (κ3) is 4.09. The number of nitrogens with one attached hydrogen (secondary N) is 1. The fraction of sp³-hybridized carbons (Fsp3) is 0.688. The van der Waals surface area contributed by atoms with Crippen molar-refractivity contribution in [2.24, 2.45) is 5.92 Å². The fourth-order valence-corrected chi connectivity index (χ4v) is 4.33. The van der Waals surface area contributed by atoms with E-state index in [1.54, 1.807) is 11.3 Å². The number of aryl methyl sites for hydroxylation is 2. The molecule has 0 spiro atoms. The number of piperidine rings is 1.